The number of benzene rings is 2. The third-order valence-corrected chi connectivity index (χ3v) is 4.23. The van der Waals surface area contributed by atoms with E-state index in [-0.39, 0.29) is 0 Å². The Kier molecular flexibility index (Phi) is 5.12. The van der Waals surface area contributed by atoms with Crippen LogP contribution < -0.4 is 10.6 Å². The molecule has 0 radical (unpaired) electrons. The monoisotopic (exact) mass is 317 g/mol. The molecule has 3 heteroatoms. The summed E-state index contributed by atoms with van der Waals surface area (Å²) >= 11 is 0. The van der Waals surface area contributed by atoms with Crippen LogP contribution in [-0.4, -0.2) is 4.98 Å². The van der Waals surface area contributed by atoms with Crippen LogP contribution in [-0.2, 0) is 13.1 Å². The molecule has 2 aromatic carbocycles. The van der Waals surface area contributed by atoms with Gasteiger partial charge < -0.3 is 10.6 Å². The minimum Gasteiger partial charge on any atom is -0.380 e. The molecule has 0 spiro atoms. The summed E-state index contributed by atoms with van der Waals surface area (Å²) in [6.45, 7) is 5.86. The van der Waals surface area contributed by atoms with Gasteiger partial charge in [0.1, 0.15) is 5.82 Å². The van der Waals surface area contributed by atoms with E-state index in [4.69, 9.17) is 0 Å². The first-order chi connectivity index (χ1) is 11.7. The molecule has 0 amide bonds. The Morgan fingerprint density at radius 2 is 1.29 bits per heavy atom. The van der Waals surface area contributed by atoms with Gasteiger partial charge in [-0.05, 0) is 48.2 Å². The Bertz CT molecular complexity index is 726. The van der Waals surface area contributed by atoms with Crippen molar-refractivity contribution in [2.24, 2.45) is 0 Å². The Morgan fingerprint density at radius 3 is 1.83 bits per heavy atom. The summed E-state index contributed by atoms with van der Waals surface area (Å²) in [6.07, 6.45) is 1.87. The predicted molar refractivity (Wildman–Crippen MR) is 101 cm³/mol. The number of nitrogens with one attached hydrogen (secondary N) is 2. The van der Waals surface area contributed by atoms with Crippen molar-refractivity contribution in [1.82, 2.24) is 4.98 Å². The number of aryl methyl sites for hydroxylation is 2. The highest BCUT2D eigenvalue weighted by molar-refractivity contribution is 5.48. The highest BCUT2D eigenvalue weighted by atomic mass is 15.0. The van der Waals surface area contributed by atoms with Gasteiger partial charge in [0.15, 0.2) is 0 Å². The van der Waals surface area contributed by atoms with E-state index in [1.807, 2.05) is 12.3 Å². The first kappa shape index (κ1) is 16.1. The summed E-state index contributed by atoms with van der Waals surface area (Å²) in [6, 6.07) is 20.9. The lowest BCUT2D eigenvalue weighted by atomic mass is 10.1. The summed E-state index contributed by atoms with van der Waals surface area (Å²) in [7, 11) is 0. The summed E-state index contributed by atoms with van der Waals surface area (Å²) in [5.74, 6) is 0.889. The molecule has 3 nitrogen and oxygen atoms in total. The van der Waals surface area contributed by atoms with Crippen molar-refractivity contribution in [2.45, 2.75) is 26.9 Å². The molecule has 0 atom stereocenters. The summed E-state index contributed by atoms with van der Waals surface area (Å²) in [4.78, 5) is 4.48. The zero-order valence-electron chi connectivity index (χ0n) is 14.2. The molecule has 0 unspecified atom stereocenters. The van der Waals surface area contributed by atoms with E-state index in [1.54, 1.807) is 0 Å². The van der Waals surface area contributed by atoms with Gasteiger partial charge in [-0.3, -0.25) is 0 Å². The van der Waals surface area contributed by atoms with Gasteiger partial charge in [-0.15, -0.1) is 0 Å². The van der Waals surface area contributed by atoms with Gasteiger partial charge in [0.25, 0.3) is 0 Å². The zero-order valence-corrected chi connectivity index (χ0v) is 14.2. The van der Waals surface area contributed by atoms with E-state index in [9.17, 15) is 0 Å². The molecule has 2 N–H and O–H groups in total. The molecule has 0 aliphatic rings. The van der Waals surface area contributed by atoms with E-state index in [1.165, 1.54) is 22.3 Å². The van der Waals surface area contributed by atoms with Crippen molar-refractivity contribution in [1.29, 1.82) is 0 Å². The maximum Gasteiger partial charge on any atom is 0.126 e. The number of hydrogen-bond donors (Lipinski definition) is 2. The van der Waals surface area contributed by atoms with Crippen LogP contribution in [0.15, 0.2) is 66.9 Å². The van der Waals surface area contributed by atoms with Crippen LogP contribution in [0.25, 0.3) is 0 Å². The van der Waals surface area contributed by atoms with E-state index < -0.39 is 0 Å². The second-order valence-corrected chi connectivity index (χ2v) is 5.99. The molecule has 3 aromatic rings. The van der Waals surface area contributed by atoms with Crippen molar-refractivity contribution in [3.05, 3.63) is 89.1 Å². The fourth-order valence-corrected chi connectivity index (χ4v) is 2.60. The molecule has 0 saturated heterocycles. The lowest BCUT2D eigenvalue weighted by molar-refractivity contribution is 1.08. The Labute approximate surface area is 143 Å². The minimum atomic E-state index is 0.787. The standard InChI is InChI=1S/C21H23N3/c1-16-7-3-5-9-18(16)13-22-20-11-12-21(24-15-20)23-14-19-10-6-4-8-17(19)2/h3-12,15,22H,13-14H2,1-2H3,(H,23,24). The summed E-state index contributed by atoms with van der Waals surface area (Å²) in [5.41, 5.74) is 6.22. The third-order valence-electron chi connectivity index (χ3n) is 4.23. The normalized spacial score (nSPS) is 10.4. The molecule has 122 valence electrons. The maximum atomic E-state index is 4.48. The number of anilines is 2. The molecular weight excluding hydrogens is 294 g/mol. The predicted octanol–water partition coefficient (Wildman–Crippen LogP) is 4.92. The van der Waals surface area contributed by atoms with E-state index in [2.05, 4.69) is 84.1 Å². The van der Waals surface area contributed by atoms with Crippen molar-refractivity contribution in [3.63, 3.8) is 0 Å². The van der Waals surface area contributed by atoms with E-state index in [0.29, 0.717) is 0 Å². The number of rotatable bonds is 6. The van der Waals surface area contributed by atoms with Crippen LogP contribution in [0.5, 0.6) is 0 Å². The Balaban J connectivity index is 1.55. The first-order valence-electron chi connectivity index (χ1n) is 8.25. The highest BCUT2D eigenvalue weighted by Crippen LogP contribution is 2.14. The van der Waals surface area contributed by atoms with Gasteiger partial charge in [-0.25, -0.2) is 4.98 Å². The van der Waals surface area contributed by atoms with Gasteiger partial charge in [0.05, 0.1) is 11.9 Å². The first-order valence-corrected chi connectivity index (χ1v) is 8.25. The summed E-state index contributed by atoms with van der Waals surface area (Å²) in [5, 5.41) is 6.79. The SMILES string of the molecule is Cc1ccccc1CNc1ccc(NCc2ccccc2C)nc1. The maximum absolute atomic E-state index is 4.48. The van der Waals surface area contributed by atoms with Gasteiger partial charge in [-0.2, -0.15) is 0 Å². The molecule has 24 heavy (non-hydrogen) atoms. The van der Waals surface area contributed by atoms with Gasteiger partial charge in [0, 0.05) is 13.1 Å². The van der Waals surface area contributed by atoms with Gasteiger partial charge in [0.2, 0.25) is 0 Å². The lowest BCUT2D eigenvalue weighted by Crippen LogP contribution is -2.04. The molecule has 0 saturated carbocycles. The number of hydrogen-bond acceptors (Lipinski definition) is 3. The average Bonchev–Trinajstić information content (AvgIpc) is 2.61. The second-order valence-electron chi connectivity index (χ2n) is 5.99. The van der Waals surface area contributed by atoms with Crippen molar-refractivity contribution in [2.75, 3.05) is 10.6 Å². The Morgan fingerprint density at radius 1 is 0.708 bits per heavy atom. The fourth-order valence-electron chi connectivity index (χ4n) is 2.60. The topological polar surface area (TPSA) is 37.0 Å². The van der Waals surface area contributed by atoms with Gasteiger partial charge in [-0.1, -0.05) is 48.5 Å². The van der Waals surface area contributed by atoms with Crippen LogP contribution in [0.1, 0.15) is 22.3 Å². The average molecular weight is 317 g/mol. The molecule has 0 aliphatic carbocycles. The number of nitrogens with zero attached hydrogens (tertiary/aromatic N) is 1. The molecule has 0 aliphatic heterocycles. The van der Waals surface area contributed by atoms with E-state index >= 15 is 0 Å². The molecule has 0 fully saturated rings. The lowest BCUT2D eigenvalue weighted by Gasteiger charge is -2.11. The Hall–Kier alpha value is -2.81. The molecule has 1 heterocycles. The van der Waals surface area contributed by atoms with Crippen LogP contribution >= 0.6 is 0 Å². The summed E-state index contributed by atoms with van der Waals surface area (Å²) < 4.78 is 0. The van der Waals surface area contributed by atoms with Crippen molar-refractivity contribution >= 4 is 11.5 Å². The molecule has 0 bridgehead atoms. The van der Waals surface area contributed by atoms with Gasteiger partial charge >= 0.3 is 0 Å². The molecule has 3 rings (SSSR count). The largest absolute Gasteiger partial charge is 0.380 e. The van der Waals surface area contributed by atoms with Crippen LogP contribution in [0.2, 0.25) is 0 Å². The highest BCUT2D eigenvalue weighted by Gasteiger charge is 2.00. The number of aromatic nitrogens is 1. The molecular formula is C21H23N3. The fraction of sp³-hybridized carbons (Fsp3) is 0.190. The minimum absolute atomic E-state index is 0.787. The van der Waals surface area contributed by atoms with Crippen molar-refractivity contribution in [3.8, 4) is 0 Å². The molecule has 1 aromatic heterocycles. The zero-order chi connectivity index (χ0) is 16.8. The van der Waals surface area contributed by atoms with Crippen molar-refractivity contribution < 1.29 is 0 Å². The van der Waals surface area contributed by atoms with E-state index in [0.717, 1.165) is 24.6 Å². The number of pyridine rings is 1. The van der Waals surface area contributed by atoms with Crippen LogP contribution in [0.3, 0.4) is 0 Å². The third kappa shape index (κ3) is 4.13. The quantitative estimate of drug-likeness (QED) is 0.677. The van der Waals surface area contributed by atoms with Crippen LogP contribution in [0.4, 0.5) is 11.5 Å². The second kappa shape index (κ2) is 7.64. The van der Waals surface area contributed by atoms with Crippen LogP contribution in [0, 0.1) is 13.8 Å². The smallest absolute Gasteiger partial charge is 0.126 e.